The Morgan fingerprint density at radius 1 is 1.06 bits per heavy atom. The smallest absolute Gasteiger partial charge is 0.319 e. The number of urea groups is 1. The van der Waals surface area contributed by atoms with Crippen molar-refractivity contribution in [2.75, 3.05) is 32.6 Å². The minimum atomic E-state index is -0.319. The zero-order valence-electron chi connectivity index (χ0n) is 17.8. The Bertz CT molecular complexity index is 1020. The lowest BCUT2D eigenvalue weighted by molar-refractivity contribution is 0.156. The number of benzene rings is 2. The first-order chi connectivity index (χ1) is 15.2. The summed E-state index contributed by atoms with van der Waals surface area (Å²) in [4.78, 5) is 15.0. The molecular formula is C24H27N3O4. The Kier molecular flexibility index (Phi) is 6.43. The van der Waals surface area contributed by atoms with Crippen molar-refractivity contribution < 1.29 is 18.7 Å². The molecule has 7 nitrogen and oxygen atoms in total. The molecule has 1 aromatic heterocycles. The van der Waals surface area contributed by atoms with Gasteiger partial charge in [-0.25, -0.2) is 4.79 Å². The summed E-state index contributed by atoms with van der Waals surface area (Å²) >= 11 is 0. The normalized spacial score (nSPS) is 14.4. The maximum atomic E-state index is 12.7. The van der Waals surface area contributed by atoms with Crippen LogP contribution < -0.4 is 20.1 Å². The Balaban J connectivity index is 1.45. The van der Waals surface area contributed by atoms with Gasteiger partial charge in [0, 0.05) is 19.6 Å². The van der Waals surface area contributed by atoms with Crippen molar-refractivity contribution in [2.45, 2.75) is 19.0 Å². The molecule has 0 bridgehead atoms. The second kappa shape index (κ2) is 9.57. The third-order valence-corrected chi connectivity index (χ3v) is 5.58. The minimum Gasteiger partial charge on any atom is -0.493 e. The number of carbonyl (C=O) groups is 1. The zero-order valence-corrected chi connectivity index (χ0v) is 17.8. The van der Waals surface area contributed by atoms with Crippen LogP contribution in [0.25, 0.3) is 0 Å². The van der Waals surface area contributed by atoms with E-state index in [2.05, 4.69) is 39.8 Å². The molecular weight excluding hydrogens is 394 g/mol. The van der Waals surface area contributed by atoms with Crippen LogP contribution in [0, 0.1) is 0 Å². The van der Waals surface area contributed by atoms with Crippen molar-refractivity contribution in [1.82, 2.24) is 10.2 Å². The molecule has 0 radical (unpaired) electrons. The SMILES string of the molecule is COc1cccc(NC(=O)NCC(c2ccco2)N2CCc3ccccc3C2)c1OC. The summed E-state index contributed by atoms with van der Waals surface area (Å²) in [7, 11) is 3.11. The molecule has 1 aliphatic rings. The summed E-state index contributed by atoms with van der Waals surface area (Å²) in [6.45, 7) is 2.12. The van der Waals surface area contributed by atoms with E-state index in [0.717, 1.165) is 25.3 Å². The van der Waals surface area contributed by atoms with E-state index >= 15 is 0 Å². The van der Waals surface area contributed by atoms with Gasteiger partial charge in [0.15, 0.2) is 11.5 Å². The number of anilines is 1. The Labute approximate surface area is 182 Å². The lowest BCUT2D eigenvalue weighted by atomic mass is 9.98. The van der Waals surface area contributed by atoms with Gasteiger partial charge in [-0.1, -0.05) is 30.3 Å². The van der Waals surface area contributed by atoms with E-state index < -0.39 is 0 Å². The fourth-order valence-electron chi connectivity index (χ4n) is 4.02. The zero-order chi connectivity index (χ0) is 21.6. The van der Waals surface area contributed by atoms with E-state index in [1.165, 1.54) is 11.1 Å². The molecule has 1 atom stereocenters. The molecule has 0 fully saturated rings. The Morgan fingerprint density at radius 3 is 2.65 bits per heavy atom. The summed E-state index contributed by atoms with van der Waals surface area (Å²) in [6.07, 6.45) is 2.64. The van der Waals surface area contributed by atoms with Crippen molar-refractivity contribution in [3.63, 3.8) is 0 Å². The lowest BCUT2D eigenvalue weighted by Crippen LogP contribution is -2.41. The number of rotatable bonds is 7. The summed E-state index contributed by atoms with van der Waals surface area (Å²) in [6, 6.07) is 17.3. The first kappa shape index (κ1) is 20.8. The third kappa shape index (κ3) is 4.67. The van der Waals surface area contributed by atoms with Gasteiger partial charge in [0.2, 0.25) is 0 Å². The summed E-state index contributed by atoms with van der Waals surface area (Å²) < 4.78 is 16.4. The van der Waals surface area contributed by atoms with Crippen molar-refractivity contribution in [1.29, 1.82) is 0 Å². The van der Waals surface area contributed by atoms with Gasteiger partial charge in [-0.2, -0.15) is 0 Å². The highest BCUT2D eigenvalue weighted by Gasteiger charge is 2.27. The van der Waals surface area contributed by atoms with Crippen LogP contribution in [-0.4, -0.2) is 38.2 Å². The summed E-state index contributed by atoms with van der Waals surface area (Å²) in [5, 5.41) is 5.83. The number of methoxy groups -OCH3 is 2. The second-order valence-electron chi connectivity index (χ2n) is 7.40. The standard InChI is InChI=1S/C24H27N3O4/c1-29-22-10-5-9-19(23(22)30-2)26-24(28)25-15-20(21-11-6-14-31-21)27-13-12-17-7-3-4-8-18(17)16-27/h3-11,14,20H,12-13,15-16H2,1-2H3,(H2,25,26,28). The third-order valence-electron chi connectivity index (χ3n) is 5.58. The Hall–Kier alpha value is -3.45. The highest BCUT2D eigenvalue weighted by atomic mass is 16.5. The van der Waals surface area contributed by atoms with Crippen LogP contribution in [0.15, 0.2) is 65.3 Å². The first-order valence-corrected chi connectivity index (χ1v) is 10.3. The van der Waals surface area contributed by atoms with Gasteiger partial charge in [-0.05, 0) is 41.8 Å². The number of hydrogen-bond acceptors (Lipinski definition) is 5. The molecule has 0 saturated heterocycles. The summed E-state index contributed by atoms with van der Waals surface area (Å²) in [5.41, 5.74) is 3.24. The van der Waals surface area contributed by atoms with Crippen LogP contribution in [0.5, 0.6) is 11.5 Å². The van der Waals surface area contributed by atoms with Crippen LogP contribution >= 0.6 is 0 Å². The second-order valence-corrected chi connectivity index (χ2v) is 7.40. The lowest BCUT2D eigenvalue weighted by Gasteiger charge is -2.34. The molecule has 0 saturated carbocycles. The number of nitrogens with one attached hydrogen (secondary N) is 2. The van der Waals surface area contributed by atoms with E-state index in [1.54, 1.807) is 38.7 Å². The predicted molar refractivity (Wildman–Crippen MR) is 119 cm³/mol. The van der Waals surface area contributed by atoms with Crippen LogP contribution in [0.1, 0.15) is 22.9 Å². The van der Waals surface area contributed by atoms with Crippen molar-refractivity contribution in [3.8, 4) is 11.5 Å². The van der Waals surface area contributed by atoms with Gasteiger partial charge in [-0.3, -0.25) is 4.90 Å². The van der Waals surface area contributed by atoms with E-state index in [-0.39, 0.29) is 12.1 Å². The van der Waals surface area contributed by atoms with E-state index in [9.17, 15) is 4.79 Å². The van der Waals surface area contributed by atoms with Gasteiger partial charge in [0.25, 0.3) is 0 Å². The van der Waals surface area contributed by atoms with Gasteiger partial charge < -0.3 is 24.5 Å². The maximum absolute atomic E-state index is 12.7. The van der Waals surface area contributed by atoms with Gasteiger partial charge in [0.1, 0.15) is 5.76 Å². The predicted octanol–water partition coefficient (Wildman–Crippen LogP) is 4.22. The monoisotopic (exact) mass is 421 g/mol. The fraction of sp³-hybridized carbons (Fsp3) is 0.292. The molecule has 4 rings (SSSR count). The topological polar surface area (TPSA) is 76.0 Å². The van der Waals surface area contributed by atoms with E-state index in [1.807, 2.05) is 12.1 Å². The molecule has 162 valence electrons. The minimum absolute atomic E-state index is 0.0682. The maximum Gasteiger partial charge on any atom is 0.319 e. The molecule has 0 spiro atoms. The number of fused-ring (bicyclic) bond motifs is 1. The molecule has 2 N–H and O–H groups in total. The highest BCUT2D eigenvalue weighted by molar-refractivity contribution is 5.91. The van der Waals surface area contributed by atoms with Crippen molar-refractivity contribution >= 4 is 11.7 Å². The molecule has 31 heavy (non-hydrogen) atoms. The molecule has 0 aliphatic carbocycles. The van der Waals surface area contributed by atoms with Gasteiger partial charge in [0.05, 0.1) is 32.2 Å². The molecule has 1 unspecified atom stereocenters. The van der Waals surface area contributed by atoms with Crippen LogP contribution in [-0.2, 0) is 13.0 Å². The Morgan fingerprint density at radius 2 is 1.90 bits per heavy atom. The molecule has 2 amide bonds. The number of para-hydroxylation sites is 1. The largest absolute Gasteiger partial charge is 0.493 e. The average molecular weight is 421 g/mol. The number of nitrogens with zero attached hydrogens (tertiary/aromatic N) is 1. The van der Waals surface area contributed by atoms with Crippen LogP contribution in [0.3, 0.4) is 0 Å². The number of ether oxygens (including phenoxy) is 2. The molecule has 3 aromatic rings. The highest BCUT2D eigenvalue weighted by Crippen LogP contribution is 2.34. The molecule has 1 aliphatic heterocycles. The van der Waals surface area contributed by atoms with Crippen molar-refractivity contribution in [2.24, 2.45) is 0 Å². The molecule has 2 heterocycles. The quantitative estimate of drug-likeness (QED) is 0.597. The molecule has 7 heteroatoms. The van der Waals surface area contributed by atoms with Gasteiger partial charge in [-0.15, -0.1) is 0 Å². The van der Waals surface area contributed by atoms with Crippen LogP contribution in [0.4, 0.5) is 10.5 Å². The number of furan rings is 1. The number of carbonyl (C=O) groups excluding carboxylic acids is 1. The average Bonchev–Trinajstić information content (AvgIpc) is 3.33. The van der Waals surface area contributed by atoms with E-state index in [4.69, 9.17) is 13.9 Å². The molecule has 2 aromatic carbocycles. The fourth-order valence-corrected chi connectivity index (χ4v) is 4.02. The number of hydrogen-bond donors (Lipinski definition) is 2. The van der Waals surface area contributed by atoms with E-state index in [0.29, 0.717) is 23.7 Å². The first-order valence-electron chi connectivity index (χ1n) is 10.3. The summed E-state index contributed by atoms with van der Waals surface area (Å²) in [5.74, 6) is 1.87. The van der Waals surface area contributed by atoms with Crippen molar-refractivity contribution in [3.05, 3.63) is 77.7 Å². The number of amides is 2. The van der Waals surface area contributed by atoms with Gasteiger partial charge >= 0.3 is 6.03 Å². The van der Waals surface area contributed by atoms with Crippen LogP contribution in [0.2, 0.25) is 0 Å².